The lowest BCUT2D eigenvalue weighted by atomic mass is 10.0. The zero-order valence-electron chi connectivity index (χ0n) is 17.9. The second kappa shape index (κ2) is 8.39. The number of benzene rings is 4. The molecule has 0 spiro atoms. The third-order valence-corrected chi connectivity index (χ3v) is 6.88. The van der Waals surface area contributed by atoms with Crippen molar-refractivity contribution < 1.29 is 8.81 Å². The molecule has 2 heterocycles. The summed E-state index contributed by atoms with van der Waals surface area (Å²) < 4.78 is 18.9. The number of aromatic nitrogens is 2. The van der Waals surface area contributed by atoms with E-state index in [0.717, 1.165) is 43.1 Å². The number of hydrogen-bond acceptors (Lipinski definition) is 5. The summed E-state index contributed by atoms with van der Waals surface area (Å²) in [7, 11) is 0. The van der Waals surface area contributed by atoms with Gasteiger partial charge in [-0.25, -0.2) is 9.18 Å². The minimum atomic E-state index is -0.374. The van der Waals surface area contributed by atoms with Crippen molar-refractivity contribution in [1.29, 1.82) is 0 Å². The van der Waals surface area contributed by atoms with Gasteiger partial charge in [-0.15, -0.1) is 10.2 Å². The summed E-state index contributed by atoms with van der Waals surface area (Å²) in [5, 5.41) is 14.7. The van der Waals surface area contributed by atoms with E-state index < -0.39 is 0 Å². The van der Waals surface area contributed by atoms with Crippen LogP contribution in [-0.2, 0) is 5.75 Å². The molecule has 0 saturated carbocycles. The van der Waals surface area contributed by atoms with Crippen LogP contribution >= 0.6 is 11.8 Å². The average molecular weight is 465 g/mol. The summed E-state index contributed by atoms with van der Waals surface area (Å²) in [5.74, 6) is 0.241. The largest absolute Gasteiger partial charge is 0.423 e. The first-order valence-corrected chi connectivity index (χ1v) is 11.7. The SMILES string of the molecule is O=c1cc(CSc2nnc(-c3ccc(F)cc3)c3ccccc23)c2c(ccc3ccccc32)o1. The molecule has 2 aromatic heterocycles. The lowest BCUT2D eigenvalue weighted by Crippen LogP contribution is -2.01. The van der Waals surface area contributed by atoms with Gasteiger partial charge in [0, 0.05) is 33.5 Å². The van der Waals surface area contributed by atoms with Crippen LogP contribution in [0.3, 0.4) is 0 Å². The van der Waals surface area contributed by atoms with Crippen molar-refractivity contribution in [3.63, 3.8) is 0 Å². The number of halogens is 1. The Balaban J connectivity index is 1.44. The third-order valence-electron chi connectivity index (χ3n) is 5.85. The van der Waals surface area contributed by atoms with Crippen molar-refractivity contribution in [2.24, 2.45) is 0 Å². The first-order valence-electron chi connectivity index (χ1n) is 10.8. The summed E-state index contributed by atoms with van der Waals surface area (Å²) in [6, 6.07) is 27.6. The van der Waals surface area contributed by atoms with Crippen molar-refractivity contribution >= 4 is 44.3 Å². The molecular weight excluding hydrogens is 447 g/mol. The molecule has 0 N–H and O–H groups in total. The minimum absolute atomic E-state index is 0.291. The molecule has 0 aliphatic rings. The Morgan fingerprint density at radius 1 is 0.794 bits per heavy atom. The monoisotopic (exact) mass is 464 g/mol. The van der Waals surface area contributed by atoms with Gasteiger partial charge >= 0.3 is 5.63 Å². The summed E-state index contributed by atoms with van der Waals surface area (Å²) in [6.45, 7) is 0. The predicted octanol–water partition coefficient (Wildman–Crippen LogP) is 6.99. The fraction of sp³-hybridized carbons (Fsp3) is 0.0357. The van der Waals surface area contributed by atoms with E-state index in [0.29, 0.717) is 17.0 Å². The van der Waals surface area contributed by atoms with E-state index in [2.05, 4.69) is 10.2 Å². The maximum Gasteiger partial charge on any atom is 0.336 e. The standard InChI is InChI=1S/C28H17FN2O2S/c29-20-12-9-18(10-13-20)27-22-7-3-4-8-23(22)28(31-30-27)34-16-19-15-25(32)33-24-14-11-17-5-1-2-6-21(17)26(19)24/h1-15H,16H2. The zero-order valence-corrected chi connectivity index (χ0v) is 18.7. The molecule has 0 aliphatic carbocycles. The number of fused-ring (bicyclic) bond motifs is 4. The lowest BCUT2D eigenvalue weighted by molar-refractivity contribution is 0.560. The summed E-state index contributed by atoms with van der Waals surface area (Å²) in [4.78, 5) is 12.3. The van der Waals surface area contributed by atoms with Crippen LogP contribution in [-0.4, -0.2) is 10.2 Å². The molecule has 164 valence electrons. The van der Waals surface area contributed by atoms with Gasteiger partial charge < -0.3 is 4.42 Å². The highest BCUT2D eigenvalue weighted by Crippen LogP contribution is 2.35. The highest BCUT2D eigenvalue weighted by molar-refractivity contribution is 7.98. The molecule has 0 fully saturated rings. The van der Waals surface area contributed by atoms with Gasteiger partial charge in [0.05, 0.1) is 0 Å². The highest BCUT2D eigenvalue weighted by Gasteiger charge is 2.14. The third kappa shape index (κ3) is 3.62. The van der Waals surface area contributed by atoms with Crippen LogP contribution in [0.1, 0.15) is 5.56 Å². The van der Waals surface area contributed by atoms with E-state index in [1.165, 1.54) is 23.9 Å². The van der Waals surface area contributed by atoms with E-state index in [1.54, 1.807) is 18.2 Å². The Labute approximate surface area is 198 Å². The molecule has 0 saturated heterocycles. The molecule has 0 amide bonds. The van der Waals surface area contributed by atoms with Crippen molar-refractivity contribution in [3.05, 3.63) is 113 Å². The quantitative estimate of drug-likeness (QED) is 0.160. The zero-order chi connectivity index (χ0) is 23.1. The van der Waals surface area contributed by atoms with Crippen molar-refractivity contribution in [3.8, 4) is 11.3 Å². The first kappa shape index (κ1) is 20.6. The van der Waals surface area contributed by atoms with Crippen LogP contribution in [0.5, 0.6) is 0 Å². The molecule has 6 rings (SSSR count). The second-order valence-electron chi connectivity index (χ2n) is 7.95. The molecule has 0 atom stereocenters. The average Bonchev–Trinajstić information content (AvgIpc) is 2.87. The Morgan fingerprint density at radius 2 is 1.53 bits per heavy atom. The van der Waals surface area contributed by atoms with E-state index in [4.69, 9.17) is 4.42 Å². The van der Waals surface area contributed by atoms with E-state index in [-0.39, 0.29) is 11.4 Å². The highest BCUT2D eigenvalue weighted by atomic mass is 32.2. The molecule has 4 nitrogen and oxygen atoms in total. The molecule has 0 radical (unpaired) electrons. The van der Waals surface area contributed by atoms with E-state index in [9.17, 15) is 9.18 Å². The Hall–Kier alpha value is -4.03. The predicted molar refractivity (Wildman–Crippen MR) is 134 cm³/mol. The van der Waals surface area contributed by atoms with Gasteiger partial charge in [-0.05, 0) is 46.7 Å². The van der Waals surface area contributed by atoms with Crippen LogP contribution in [0.15, 0.2) is 105 Å². The van der Waals surface area contributed by atoms with Crippen LogP contribution in [0.25, 0.3) is 43.8 Å². The van der Waals surface area contributed by atoms with Crippen LogP contribution < -0.4 is 5.63 Å². The summed E-state index contributed by atoms with van der Waals surface area (Å²) in [6.07, 6.45) is 0. The van der Waals surface area contributed by atoms with Gasteiger partial charge in [-0.2, -0.15) is 0 Å². The fourth-order valence-electron chi connectivity index (χ4n) is 4.29. The van der Waals surface area contributed by atoms with Crippen LogP contribution in [0, 0.1) is 5.82 Å². The number of nitrogens with zero attached hydrogens (tertiary/aromatic N) is 2. The molecule has 0 bridgehead atoms. The Morgan fingerprint density at radius 3 is 2.35 bits per heavy atom. The number of rotatable bonds is 4. The fourth-order valence-corrected chi connectivity index (χ4v) is 5.24. The van der Waals surface area contributed by atoms with Gasteiger partial charge in [-0.1, -0.05) is 66.4 Å². The van der Waals surface area contributed by atoms with E-state index in [1.807, 2.05) is 60.7 Å². The van der Waals surface area contributed by atoms with Crippen molar-refractivity contribution in [2.45, 2.75) is 10.8 Å². The maximum atomic E-state index is 13.4. The molecular formula is C28H17FN2O2S. The van der Waals surface area contributed by atoms with E-state index >= 15 is 0 Å². The first-order chi connectivity index (χ1) is 16.7. The molecule has 6 heteroatoms. The Bertz CT molecular complexity index is 1750. The van der Waals surface area contributed by atoms with Gasteiger partial charge in [0.15, 0.2) is 0 Å². The summed E-state index contributed by atoms with van der Waals surface area (Å²) >= 11 is 1.53. The molecule has 0 unspecified atom stereocenters. The van der Waals surface area contributed by atoms with Crippen molar-refractivity contribution in [2.75, 3.05) is 0 Å². The second-order valence-corrected chi connectivity index (χ2v) is 8.91. The Kier molecular flexibility index (Phi) is 5.08. The molecule has 4 aromatic carbocycles. The van der Waals surface area contributed by atoms with Crippen molar-refractivity contribution in [1.82, 2.24) is 10.2 Å². The molecule has 0 aliphatic heterocycles. The van der Waals surface area contributed by atoms with Gasteiger partial charge in [-0.3, -0.25) is 0 Å². The maximum absolute atomic E-state index is 13.4. The number of hydrogen-bond donors (Lipinski definition) is 0. The topological polar surface area (TPSA) is 56.0 Å². The lowest BCUT2D eigenvalue weighted by Gasteiger charge is -2.11. The van der Waals surface area contributed by atoms with Gasteiger partial charge in [0.2, 0.25) is 0 Å². The summed E-state index contributed by atoms with van der Waals surface area (Å²) in [5.41, 5.74) is 2.60. The molecule has 34 heavy (non-hydrogen) atoms. The smallest absolute Gasteiger partial charge is 0.336 e. The minimum Gasteiger partial charge on any atom is -0.423 e. The van der Waals surface area contributed by atoms with Gasteiger partial charge in [0.1, 0.15) is 22.1 Å². The van der Waals surface area contributed by atoms with Gasteiger partial charge in [0.25, 0.3) is 0 Å². The van der Waals surface area contributed by atoms with Crippen LogP contribution in [0.2, 0.25) is 0 Å². The normalized spacial score (nSPS) is 11.4. The number of thioether (sulfide) groups is 1. The van der Waals surface area contributed by atoms with Crippen LogP contribution in [0.4, 0.5) is 4.39 Å². The molecule has 6 aromatic rings.